The van der Waals surface area contributed by atoms with E-state index in [1.165, 1.54) is 6.42 Å². The fraction of sp³-hybridized carbons (Fsp3) is 0.632. The summed E-state index contributed by atoms with van der Waals surface area (Å²) >= 11 is 0. The van der Waals surface area contributed by atoms with E-state index in [2.05, 4.69) is 10.3 Å². The zero-order valence-corrected chi connectivity index (χ0v) is 15.9. The van der Waals surface area contributed by atoms with Crippen molar-refractivity contribution in [3.05, 3.63) is 22.5 Å². The Hall–Kier alpha value is -2.31. The molecule has 1 aliphatic rings. The van der Waals surface area contributed by atoms with Crippen LogP contribution in [0.2, 0.25) is 0 Å². The molecule has 1 aromatic heterocycles. The lowest BCUT2D eigenvalue weighted by molar-refractivity contribution is -0.130. The van der Waals surface area contributed by atoms with Gasteiger partial charge in [-0.15, -0.1) is 0 Å². The molecule has 144 valence electrons. The highest BCUT2D eigenvalue weighted by Gasteiger charge is 2.27. The second-order valence-electron chi connectivity index (χ2n) is 6.74. The van der Waals surface area contributed by atoms with E-state index in [9.17, 15) is 14.4 Å². The summed E-state index contributed by atoms with van der Waals surface area (Å²) in [6.45, 7) is 6.84. The predicted molar refractivity (Wildman–Crippen MR) is 96.1 cm³/mol. The molecule has 1 fully saturated rings. The quantitative estimate of drug-likeness (QED) is 0.757. The smallest absolute Gasteiger partial charge is 0.355 e. The van der Waals surface area contributed by atoms with Gasteiger partial charge in [0.25, 0.3) is 5.91 Å². The Balaban J connectivity index is 2.02. The van der Waals surface area contributed by atoms with E-state index in [1.54, 1.807) is 27.7 Å². The van der Waals surface area contributed by atoms with Crippen LogP contribution in [0, 0.1) is 13.8 Å². The number of aromatic nitrogens is 1. The lowest BCUT2D eigenvalue weighted by atomic mass is 9.95. The summed E-state index contributed by atoms with van der Waals surface area (Å²) in [5.74, 6) is -1.44. The number of amides is 1. The van der Waals surface area contributed by atoms with E-state index in [1.807, 2.05) is 0 Å². The summed E-state index contributed by atoms with van der Waals surface area (Å²) in [5, 5.41) is 2.95. The number of carbonyl (C=O) groups is 3. The van der Waals surface area contributed by atoms with Crippen molar-refractivity contribution in [2.75, 3.05) is 6.61 Å². The van der Waals surface area contributed by atoms with Crippen LogP contribution in [0.4, 0.5) is 0 Å². The average molecular weight is 364 g/mol. The van der Waals surface area contributed by atoms with Gasteiger partial charge in [-0.1, -0.05) is 19.3 Å². The lowest BCUT2D eigenvalue weighted by Crippen LogP contribution is -2.42. The van der Waals surface area contributed by atoms with Crippen LogP contribution in [0.1, 0.15) is 78.1 Å². The second-order valence-corrected chi connectivity index (χ2v) is 6.74. The van der Waals surface area contributed by atoms with Gasteiger partial charge in [-0.3, -0.25) is 4.79 Å². The van der Waals surface area contributed by atoms with E-state index < -0.39 is 18.0 Å². The van der Waals surface area contributed by atoms with E-state index in [0.717, 1.165) is 25.7 Å². The van der Waals surface area contributed by atoms with Crippen LogP contribution in [0.25, 0.3) is 0 Å². The Labute approximate surface area is 153 Å². The molecular formula is C19H28N2O5. The van der Waals surface area contributed by atoms with Gasteiger partial charge in [-0.05, 0) is 46.1 Å². The normalized spacial score (nSPS) is 16.0. The minimum atomic E-state index is -0.899. The summed E-state index contributed by atoms with van der Waals surface area (Å²) in [4.78, 5) is 39.6. The summed E-state index contributed by atoms with van der Waals surface area (Å²) in [5.41, 5.74) is 1.47. The number of aryl methyl sites for hydroxylation is 1. The molecule has 0 aromatic carbocycles. The van der Waals surface area contributed by atoms with E-state index in [4.69, 9.17) is 9.47 Å². The van der Waals surface area contributed by atoms with Crippen molar-refractivity contribution < 1.29 is 23.9 Å². The SMILES string of the molecule is CCOC(=O)c1[nH]c(C)c(C(=O)O[C@@H](C)C(=O)NC2CCCCC2)c1C. The topological polar surface area (TPSA) is 97.5 Å². The summed E-state index contributed by atoms with van der Waals surface area (Å²) in [6.07, 6.45) is 4.45. The molecule has 1 heterocycles. The number of rotatable bonds is 6. The molecule has 7 heteroatoms. The molecule has 1 atom stereocenters. The minimum Gasteiger partial charge on any atom is -0.461 e. The van der Waals surface area contributed by atoms with Gasteiger partial charge in [-0.25, -0.2) is 9.59 Å². The fourth-order valence-electron chi connectivity index (χ4n) is 3.30. The van der Waals surface area contributed by atoms with Crippen molar-refractivity contribution in [3.8, 4) is 0 Å². The molecule has 26 heavy (non-hydrogen) atoms. The zero-order chi connectivity index (χ0) is 19.3. The average Bonchev–Trinajstić information content (AvgIpc) is 2.90. The van der Waals surface area contributed by atoms with Gasteiger partial charge in [0.1, 0.15) is 5.69 Å². The predicted octanol–water partition coefficient (Wildman–Crippen LogP) is 2.80. The molecule has 2 rings (SSSR count). The highest BCUT2D eigenvalue weighted by atomic mass is 16.5. The van der Waals surface area contributed by atoms with Crippen molar-refractivity contribution in [2.45, 2.75) is 71.9 Å². The van der Waals surface area contributed by atoms with Crippen LogP contribution >= 0.6 is 0 Å². The van der Waals surface area contributed by atoms with Crippen molar-refractivity contribution in [1.82, 2.24) is 10.3 Å². The van der Waals surface area contributed by atoms with E-state index in [0.29, 0.717) is 11.3 Å². The first kappa shape index (κ1) is 20.0. The molecule has 0 spiro atoms. The molecule has 1 amide bonds. The van der Waals surface area contributed by atoms with Gasteiger partial charge in [0, 0.05) is 11.7 Å². The number of esters is 2. The van der Waals surface area contributed by atoms with Crippen molar-refractivity contribution in [2.24, 2.45) is 0 Å². The Kier molecular flexibility index (Phi) is 6.83. The third kappa shape index (κ3) is 4.65. The number of hydrogen-bond donors (Lipinski definition) is 2. The Morgan fingerprint density at radius 3 is 2.42 bits per heavy atom. The summed E-state index contributed by atoms with van der Waals surface area (Å²) in [7, 11) is 0. The monoisotopic (exact) mass is 364 g/mol. The highest BCUT2D eigenvalue weighted by Crippen LogP contribution is 2.21. The fourth-order valence-corrected chi connectivity index (χ4v) is 3.30. The molecule has 7 nitrogen and oxygen atoms in total. The maximum absolute atomic E-state index is 12.5. The lowest BCUT2D eigenvalue weighted by Gasteiger charge is -2.24. The maximum Gasteiger partial charge on any atom is 0.355 e. The Morgan fingerprint density at radius 1 is 1.15 bits per heavy atom. The first-order chi connectivity index (χ1) is 12.3. The van der Waals surface area contributed by atoms with Gasteiger partial charge >= 0.3 is 11.9 Å². The van der Waals surface area contributed by atoms with E-state index in [-0.39, 0.29) is 29.8 Å². The molecule has 1 aliphatic carbocycles. The third-order valence-electron chi connectivity index (χ3n) is 4.73. The molecule has 1 saturated carbocycles. The number of carbonyl (C=O) groups excluding carboxylic acids is 3. The molecule has 2 N–H and O–H groups in total. The van der Waals surface area contributed by atoms with Crippen LogP contribution in [0.15, 0.2) is 0 Å². The standard InChI is InChI=1S/C19H28N2O5/c1-5-25-19(24)16-11(2)15(12(3)20-16)18(23)26-13(4)17(22)21-14-9-7-6-8-10-14/h13-14,20H,5-10H2,1-4H3,(H,21,22)/t13-/m0/s1. The first-order valence-corrected chi connectivity index (χ1v) is 9.22. The zero-order valence-electron chi connectivity index (χ0n) is 15.9. The van der Waals surface area contributed by atoms with Crippen LogP contribution < -0.4 is 5.32 Å². The van der Waals surface area contributed by atoms with Crippen molar-refractivity contribution in [3.63, 3.8) is 0 Å². The maximum atomic E-state index is 12.5. The largest absolute Gasteiger partial charge is 0.461 e. The molecule has 0 saturated heterocycles. The third-order valence-corrected chi connectivity index (χ3v) is 4.73. The molecule has 0 unspecified atom stereocenters. The van der Waals surface area contributed by atoms with Gasteiger partial charge in [-0.2, -0.15) is 0 Å². The van der Waals surface area contributed by atoms with Gasteiger partial charge in [0.15, 0.2) is 6.10 Å². The Morgan fingerprint density at radius 2 is 1.81 bits per heavy atom. The number of ether oxygens (including phenoxy) is 2. The number of H-pyrrole nitrogens is 1. The second kappa shape index (κ2) is 8.87. The molecular weight excluding hydrogens is 336 g/mol. The van der Waals surface area contributed by atoms with Gasteiger partial charge in [0.2, 0.25) is 0 Å². The van der Waals surface area contributed by atoms with Gasteiger partial charge in [0.05, 0.1) is 12.2 Å². The van der Waals surface area contributed by atoms with Gasteiger partial charge < -0.3 is 19.8 Å². The van der Waals surface area contributed by atoms with Crippen molar-refractivity contribution in [1.29, 1.82) is 0 Å². The van der Waals surface area contributed by atoms with Crippen molar-refractivity contribution >= 4 is 17.8 Å². The molecule has 0 radical (unpaired) electrons. The number of hydrogen-bond acceptors (Lipinski definition) is 5. The number of nitrogens with one attached hydrogen (secondary N) is 2. The van der Waals surface area contributed by atoms with Crippen LogP contribution in [0.5, 0.6) is 0 Å². The highest BCUT2D eigenvalue weighted by molar-refractivity contribution is 5.99. The molecule has 1 aromatic rings. The summed E-state index contributed by atoms with van der Waals surface area (Å²) < 4.78 is 10.3. The van der Waals surface area contributed by atoms with Crippen LogP contribution in [0.3, 0.4) is 0 Å². The summed E-state index contributed by atoms with van der Waals surface area (Å²) in [6, 6.07) is 0.156. The van der Waals surface area contributed by atoms with Crippen LogP contribution in [-0.2, 0) is 14.3 Å². The van der Waals surface area contributed by atoms with Crippen LogP contribution in [-0.4, -0.2) is 41.6 Å². The molecule has 0 bridgehead atoms. The molecule has 0 aliphatic heterocycles. The van der Waals surface area contributed by atoms with E-state index >= 15 is 0 Å². The first-order valence-electron chi connectivity index (χ1n) is 9.22. The minimum absolute atomic E-state index is 0.156. The number of aromatic amines is 1. The Bertz CT molecular complexity index is 674.